The lowest BCUT2D eigenvalue weighted by Crippen LogP contribution is -2.38. The number of unbranched alkanes of at least 4 members (excludes halogenated alkanes) is 1. The van der Waals surface area contributed by atoms with E-state index in [-0.39, 0.29) is 6.61 Å². The summed E-state index contributed by atoms with van der Waals surface area (Å²) < 4.78 is 4.61. The van der Waals surface area contributed by atoms with Gasteiger partial charge in [-0.2, -0.15) is 0 Å². The van der Waals surface area contributed by atoms with Crippen molar-refractivity contribution in [2.45, 2.75) is 26.7 Å². The second-order valence-corrected chi connectivity index (χ2v) is 4.03. The van der Waals surface area contributed by atoms with Crippen molar-refractivity contribution in [1.29, 1.82) is 0 Å². The molecule has 6 heteroatoms. The molecule has 0 heterocycles. The maximum absolute atomic E-state index is 12.0. The van der Waals surface area contributed by atoms with Crippen molar-refractivity contribution in [3.05, 3.63) is 30.3 Å². The highest BCUT2D eigenvalue weighted by Crippen LogP contribution is 2.15. The number of rotatable bonds is 5. The van der Waals surface area contributed by atoms with E-state index < -0.39 is 12.2 Å². The molecule has 0 atom stereocenters. The van der Waals surface area contributed by atoms with E-state index in [0.717, 1.165) is 18.5 Å². The molecule has 0 aliphatic rings. The van der Waals surface area contributed by atoms with Crippen LogP contribution in [0.1, 0.15) is 26.7 Å². The van der Waals surface area contributed by atoms with Gasteiger partial charge in [-0.05, 0) is 25.5 Å². The second kappa shape index (κ2) is 8.79. The van der Waals surface area contributed by atoms with E-state index in [9.17, 15) is 9.59 Å². The van der Waals surface area contributed by atoms with Gasteiger partial charge in [-0.3, -0.25) is 4.90 Å². The van der Waals surface area contributed by atoms with Crippen molar-refractivity contribution >= 4 is 17.9 Å². The van der Waals surface area contributed by atoms with Crippen molar-refractivity contribution in [3.63, 3.8) is 0 Å². The Morgan fingerprint density at radius 3 is 2.50 bits per heavy atom. The Labute approximate surface area is 118 Å². The fourth-order valence-corrected chi connectivity index (χ4v) is 1.55. The van der Waals surface area contributed by atoms with Crippen LogP contribution in [-0.2, 0) is 9.57 Å². The topological polar surface area (TPSA) is 67.9 Å². The van der Waals surface area contributed by atoms with E-state index >= 15 is 0 Å². The summed E-state index contributed by atoms with van der Waals surface area (Å²) in [7, 11) is 0. The number of hydrogen-bond donors (Lipinski definition) is 1. The van der Waals surface area contributed by atoms with Gasteiger partial charge in [-0.15, -0.1) is 5.48 Å². The molecule has 0 fully saturated rings. The van der Waals surface area contributed by atoms with Crippen LogP contribution in [0.4, 0.5) is 15.3 Å². The largest absolute Gasteiger partial charge is 0.448 e. The van der Waals surface area contributed by atoms with Gasteiger partial charge < -0.3 is 9.57 Å². The number of amides is 2. The fraction of sp³-hybridized carbons (Fsp3) is 0.429. The number of para-hydroxylation sites is 1. The van der Waals surface area contributed by atoms with E-state index in [2.05, 4.69) is 4.74 Å². The third-order valence-electron chi connectivity index (χ3n) is 2.52. The number of carbonyl (C=O) groups is 2. The van der Waals surface area contributed by atoms with Crippen molar-refractivity contribution in [3.8, 4) is 0 Å². The fourth-order valence-electron chi connectivity index (χ4n) is 1.55. The molecule has 0 saturated carbocycles. The van der Waals surface area contributed by atoms with Gasteiger partial charge >= 0.3 is 12.2 Å². The molecule has 20 heavy (non-hydrogen) atoms. The lowest BCUT2D eigenvalue weighted by atomic mass is 10.2. The van der Waals surface area contributed by atoms with E-state index in [1.807, 2.05) is 30.6 Å². The molecule has 0 radical (unpaired) electrons. The molecule has 1 aromatic carbocycles. The molecular formula is C14H20N2O4. The molecule has 0 aliphatic heterocycles. The van der Waals surface area contributed by atoms with Gasteiger partial charge in [0.05, 0.1) is 6.61 Å². The van der Waals surface area contributed by atoms with Gasteiger partial charge in [0.1, 0.15) is 0 Å². The monoisotopic (exact) mass is 280 g/mol. The Hall–Kier alpha value is -2.24. The van der Waals surface area contributed by atoms with Crippen LogP contribution in [0.5, 0.6) is 0 Å². The Kier molecular flexibility index (Phi) is 6.95. The minimum absolute atomic E-state index is 0.210. The summed E-state index contributed by atoms with van der Waals surface area (Å²) in [5, 5.41) is 0. The number of anilines is 1. The number of ether oxygens (including phenoxy) is 1. The Morgan fingerprint density at radius 2 is 1.90 bits per heavy atom. The summed E-state index contributed by atoms with van der Waals surface area (Å²) >= 11 is 0. The average Bonchev–Trinajstić information content (AvgIpc) is 2.47. The van der Waals surface area contributed by atoms with Crippen LogP contribution in [0.25, 0.3) is 0 Å². The van der Waals surface area contributed by atoms with Crippen molar-refractivity contribution in [1.82, 2.24) is 5.48 Å². The minimum Gasteiger partial charge on any atom is -0.448 e. The molecule has 0 bridgehead atoms. The number of nitrogens with one attached hydrogen (secondary N) is 1. The number of hydroxylamine groups is 1. The summed E-state index contributed by atoms with van der Waals surface area (Å²) in [4.78, 5) is 29.3. The summed E-state index contributed by atoms with van der Waals surface area (Å²) in [6.07, 6.45) is 0.354. The zero-order valence-corrected chi connectivity index (χ0v) is 11.8. The maximum atomic E-state index is 12.0. The van der Waals surface area contributed by atoms with Crippen LogP contribution in [0.3, 0.4) is 0 Å². The van der Waals surface area contributed by atoms with Gasteiger partial charge in [0.15, 0.2) is 0 Å². The summed E-state index contributed by atoms with van der Waals surface area (Å²) in [5.74, 6) is 0. The predicted molar refractivity (Wildman–Crippen MR) is 75.3 cm³/mol. The third-order valence-corrected chi connectivity index (χ3v) is 2.52. The quantitative estimate of drug-likeness (QED) is 0.841. The molecule has 6 nitrogen and oxygen atoms in total. The molecule has 0 spiro atoms. The van der Waals surface area contributed by atoms with Gasteiger partial charge in [0, 0.05) is 12.2 Å². The first-order valence-electron chi connectivity index (χ1n) is 6.65. The van der Waals surface area contributed by atoms with Crippen LogP contribution in [-0.4, -0.2) is 25.3 Å². The molecule has 0 aromatic heterocycles. The number of benzene rings is 1. The SMILES string of the molecule is CCCCN(C(=O)ONC(=O)OCC)c1ccccc1. The first-order chi connectivity index (χ1) is 9.69. The molecule has 0 aliphatic carbocycles. The van der Waals surface area contributed by atoms with Crippen molar-refractivity contribution in [2.24, 2.45) is 0 Å². The molecule has 1 rings (SSSR count). The van der Waals surface area contributed by atoms with Crippen molar-refractivity contribution in [2.75, 3.05) is 18.1 Å². The highest BCUT2D eigenvalue weighted by molar-refractivity contribution is 5.88. The molecule has 1 aromatic rings. The minimum atomic E-state index is -0.788. The number of nitrogens with zero attached hydrogens (tertiary/aromatic N) is 1. The molecule has 110 valence electrons. The standard InChI is InChI=1S/C14H20N2O4/c1-3-5-11-16(12-9-7-6-8-10-12)14(18)20-15-13(17)19-4-2/h6-10H,3-5,11H2,1-2H3,(H,15,17). The highest BCUT2D eigenvalue weighted by atomic mass is 16.7. The first-order valence-corrected chi connectivity index (χ1v) is 6.65. The van der Waals surface area contributed by atoms with Crippen LogP contribution >= 0.6 is 0 Å². The van der Waals surface area contributed by atoms with E-state index in [0.29, 0.717) is 6.54 Å². The molecule has 2 amide bonds. The van der Waals surface area contributed by atoms with E-state index in [1.165, 1.54) is 4.90 Å². The predicted octanol–water partition coefficient (Wildman–Crippen LogP) is 3.09. The third kappa shape index (κ3) is 5.17. The second-order valence-electron chi connectivity index (χ2n) is 4.03. The Balaban J connectivity index is 2.63. The normalized spacial score (nSPS) is 9.70. The molecule has 1 N–H and O–H groups in total. The molecule has 0 saturated heterocycles. The summed E-state index contributed by atoms with van der Waals surface area (Å²) in [5.41, 5.74) is 2.68. The van der Waals surface area contributed by atoms with Crippen LogP contribution in [0, 0.1) is 0 Å². The Bertz CT molecular complexity index is 422. The first kappa shape index (κ1) is 15.8. The number of hydrogen-bond acceptors (Lipinski definition) is 4. The van der Waals surface area contributed by atoms with Gasteiger partial charge in [-0.25, -0.2) is 9.59 Å². The van der Waals surface area contributed by atoms with E-state index in [1.54, 1.807) is 19.1 Å². The molecular weight excluding hydrogens is 260 g/mol. The van der Waals surface area contributed by atoms with Crippen LogP contribution < -0.4 is 10.4 Å². The van der Waals surface area contributed by atoms with Crippen LogP contribution in [0.15, 0.2) is 30.3 Å². The summed E-state index contributed by atoms with van der Waals surface area (Å²) in [6, 6.07) is 9.15. The van der Waals surface area contributed by atoms with Crippen molar-refractivity contribution < 1.29 is 19.2 Å². The maximum Gasteiger partial charge on any atom is 0.440 e. The highest BCUT2D eigenvalue weighted by Gasteiger charge is 2.18. The summed E-state index contributed by atoms with van der Waals surface area (Å²) in [6.45, 7) is 4.43. The van der Waals surface area contributed by atoms with E-state index in [4.69, 9.17) is 4.84 Å². The zero-order chi connectivity index (χ0) is 14.8. The lowest BCUT2D eigenvalue weighted by Gasteiger charge is -2.21. The Morgan fingerprint density at radius 1 is 1.20 bits per heavy atom. The van der Waals surface area contributed by atoms with Gasteiger partial charge in [0.2, 0.25) is 0 Å². The smallest absolute Gasteiger partial charge is 0.440 e. The zero-order valence-electron chi connectivity index (χ0n) is 11.8. The average molecular weight is 280 g/mol. The molecule has 0 unspecified atom stereocenters. The van der Waals surface area contributed by atoms with Gasteiger partial charge in [-0.1, -0.05) is 31.5 Å². The van der Waals surface area contributed by atoms with Crippen LogP contribution in [0.2, 0.25) is 0 Å². The van der Waals surface area contributed by atoms with Gasteiger partial charge in [0.25, 0.3) is 0 Å². The number of carbonyl (C=O) groups excluding carboxylic acids is 2. The lowest BCUT2D eigenvalue weighted by molar-refractivity contribution is 0.0691.